The highest BCUT2D eigenvalue weighted by Gasteiger charge is 2.56. The summed E-state index contributed by atoms with van der Waals surface area (Å²) in [5.41, 5.74) is -2.06. The summed E-state index contributed by atoms with van der Waals surface area (Å²) < 4.78 is 53.1. The Labute approximate surface area is 197 Å². The first-order chi connectivity index (χ1) is 16.1. The Morgan fingerprint density at radius 2 is 1.76 bits per heavy atom. The van der Waals surface area contributed by atoms with Crippen LogP contribution in [0.2, 0.25) is 0 Å². The van der Waals surface area contributed by atoms with Crippen molar-refractivity contribution in [2.45, 2.75) is 32.2 Å². The molecule has 0 amide bonds. The third-order valence-corrected chi connectivity index (χ3v) is 5.72. The zero-order valence-electron chi connectivity index (χ0n) is 19.7. The molecule has 34 heavy (non-hydrogen) atoms. The average Bonchev–Trinajstić information content (AvgIpc) is 2.81. The normalized spacial score (nSPS) is 13.9. The van der Waals surface area contributed by atoms with Gasteiger partial charge in [0.2, 0.25) is 5.60 Å². The fourth-order valence-corrected chi connectivity index (χ4v) is 3.51. The van der Waals surface area contributed by atoms with Crippen molar-refractivity contribution < 1.29 is 27.8 Å². The van der Waals surface area contributed by atoms with Crippen molar-refractivity contribution in [1.82, 2.24) is 4.90 Å². The second kappa shape index (κ2) is 10.4. The van der Waals surface area contributed by atoms with Crippen molar-refractivity contribution in [1.29, 1.82) is 0 Å². The van der Waals surface area contributed by atoms with Gasteiger partial charge >= 0.3 is 6.18 Å². The monoisotopic (exact) mass is 474 g/mol. The van der Waals surface area contributed by atoms with Gasteiger partial charge in [-0.15, -0.1) is 0 Å². The van der Waals surface area contributed by atoms with Gasteiger partial charge in [0.1, 0.15) is 5.75 Å². The van der Waals surface area contributed by atoms with Crippen LogP contribution in [-0.4, -0.2) is 49.8 Å². The van der Waals surface area contributed by atoms with Gasteiger partial charge in [-0.1, -0.05) is 36.4 Å². The lowest BCUT2D eigenvalue weighted by atomic mass is 9.91. The Balaban J connectivity index is 1.88. The standard InChI is InChI=1S/C26H29F3N2O3/c1-5-31(3)17-30-23-14-24(33-4)22(12-18(23)2)25(32,26(27,28)29)16-34-15-19-10-11-20-8-6-7-9-21(20)13-19/h6-14,17,32H,5,15-16H2,1-4H3/b30-17+. The van der Waals surface area contributed by atoms with E-state index in [4.69, 9.17) is 9.47 Å². The molecule has 0 aliphatic carbocycles. The van der Waals surface area contributed by atoms with Crippen molar-refractivity contribution in [2.24, 2.45) is 4.99 Å². The van der Waals surface area contributed by atoms with Crippen LogP contribution in [0.3, 0.4) is 0 Å². The summed E-state index contributed by atoms with van der Waals surface area (Å²) in [6.07, 6.45) is -3.41. The fourth-order valence-electron chi connectivity index (χ4n) is 3.51. The first-order valence-electron chi connectivity index (χ1n) is 10.9. The Morgan fingerprint density at radius 3 is 2.41 bits per heavy atom. The van der Waals surface area contributed by atoms with E-state index in [-0.39, 0.29) is 12.4 Å². The summed E-state index contributed by atoms with van der Waals surface area (Å²) in [4.78, 5) is 6.15. The van der Waals surface area contributed by atoms with Crippen LogP contribution in [0.5, 0.6) is 5.75 Å². The number of methoxy groups -OCH3 is 1. The molecule has 0 spiro atoms. The van der Waals surface area contributed by atoms with Gasteiger partial charge in [0.15, 0.2) is 0 Å². The van der Waals surface area contributed by atoms with E-state index >= 15 is 0 Å². The quantitative estimate of drug-likeness (QED) is 0.318. The highest BCUT2D eigenvalue weighted by atomic mass is 19.4. The molecule has 3 rings (SSSR count). The zero-order valence-corrected chi connectivity index (χ0v) is 19.7. The van der Waals surface area contributed by atoms with E-state index in [2.05, 4.69) is 4.99 Å². The molecule has 0 fully saturated rings. The van der Waals surface area contributed by atoms with Crippen LogP contribution >= 0.6 is 0 Å². The van der Waals surface area contributed by atoms with E-state index in [1.807, 2.05) is 55.3 Å². The Bertz CT molecular complexity index is 1160. The van der Waals surface area contributed by atoms with Gasteiger partial charge in [-0.3, -0.25) is 0 Å². The highest BCUT2D eigenvalue weighted by Crippen LogP contribution is 2.45. The molecule has 0 aromatic heterocycles. The maximum Gasteiger partial charge on any atom is 0.423 e. The number of aryl methyl sites for hydroxylation is 1. The summed E-state index contributed by atoms with van der Waals surface area (Å²) in [7, 11) is 3.09. The molecule has 0 saturated heterocycles. The number of hydrogen-bond donors (Lipinski definition) is 1. The molecular formula is C26H29F3N2O3. The molecule has 3 aromatic rings. The van der Waals surface area contributed by atoms with Crippen molar-refractivity contribution >= 4 is 22.8 Å². The van der Waals surface area contributed by atoms with E-state index in [0.29, 0.717) is 16.8 Å². The number of halogens is 3. The van der Waals surface area contributed by atoms with Crippen LogP contribution in [0.1, 0.15) is 23.6 Å². The molecule has 1 N–H and O–H groups in total. The number of fused-ring (bicyclic) bond motifs is 1. The molecular weight excluding hydrogens is 445 g/mol. The van der Waals surface area contributed by atoms with E-state index in [9.17, 15) is 18.3 Å². The summed E-state index contributed by atoms with van der Waals surface area (Å²) in [5.74, 6) is -0.119. The molecule has 0 aliphatic heterocycles. The SMILES string of the molecule is CCN(C)/C=N/c1cc(OC)c(C(O)(COCc2ccc3ccccc3c2)C(F)(F)F)cc1C. The average molecular weight is 475 g/mol. The molecule has 182 valence electrons. The van der Waals surface area contributed by atoms with Crippen LogP contribution in [0.25, 0.3) is 10.8 Å². The Morgan fingerprint density at radius 1 is 1.06 bits per heavy atom. The maximum atomic E-state index is 14.2. The second-order valence-corrected chi connectivity index (χ2v) is 8.19. The molecule has 1 atom stereocenters. The zero-order chi connectivity index (χ0) is 24.9. The van der Waals surface area contributed by atoms with Gasteiger partial charge in [0.05, 0.1) is 32.3 Å². The molecule has 3 aromatic carbocycles. The van der Waals surface area contributed by atoms with Gasteiger partial charge in [-0.25, -0.2) is 4.99 Å². The summed E-state index contributed by atoms with van der Waals surface area (Å²) in [5, 5.41) is 12.9. The van der Waals surface area contributed by atoms with Crippen molar-refractivity contribution in [2.75, 3.05) is 27.3 Å². The molecule has 5 nitrogen and oxygen atoms in total. The number of alkyl halides is 3. The smallest absolute Gasteiger partial charge is 0.423 e. The maximum absolute atomic E-state index is 14.2. The van der Waals surface area contributed by atoms with E-state index in [0.717, 1.165) is 17.3 Å². The number of benzene rings is 3. The predicted octanol–water partition coefficient (Wildman–Crippen LogP) is 5.74. The van der Waals surface area contributed by atoms with Crippen LogP contribution in [0, 0.1) is 6.92 Å². The van der Waals surface area contributed by atoms with Crippen LogP contribution < -0.4 is 4.74 Å². The molecule has 0 heterocycles. The first kappa shape index (κ1) is 25.5. The number of ether oxygens (including phenoxy) is 2. The molecule has 0 radical (unpaired) electrons. The summed E-state index contributed by atoms with van der Waals surface area (Å²) in [6, 6.07) is 15.8. The minimum atomic E-state index is -5.00. The van der Waals surface area contributed by atoms with Crippen molar-refractivity contribution in [3.63, 3.8) is 0 Å². The molecule has 0 aliphatic rings. The third kappa shape index (κ3) is 5.51. The number of aliphatic hydroxyl groups is 1. The first-order valence-corrected chi connectivity index (χ1v) is 10.9. The van der Waals surface area contributed by atoms with E-state index in [1.165, 1.54) is 19.2 Å². The van der Waals surface area contributed by atoms with Gasteiger partial charge in [-0.2, -0.15) is 13.2 Å². The van der Waals surface area contributed by atoms with E-state index < -0.39 is 23.9 Å². The van der Waals surface area contributed by atoms with Gasteiger partial charge < -0.3 is 19.5 Å². The second-order valence-electron chi connectivity index (χ2n) is 8.19. The highest BCUT2D eigenvalue weighted by molar-refractivity contribution is 5.82. The minimum absolute atomic E-state index is 0.0871. The number of aliphatic imine (C=N–C) groups is 1. The summed E-state index contributed by atoms with van der Waals surface area (Å²) >= 11 is 0. The Hall–Kier alpha value is -3.10. The topological polar surface area (TPSA) is 54.3 Å². The van der Waals surface area contributed by atoms with Gasteiger partial charge in [-0.05, 0) is 47.9 Å². The van der Waals surface area contributed by atoms with Crippen LogP contribution in [0.15, 0.2) is 59.6 Å². The summed E-state index contributed by atoms with van der Waals surface area (Å²) in [6.45, 7) is 3.23. The largest absolute Gasteiger partial charge is 0.496 e. The number of nitrogens with zero attached hydrogens (tertiary/aromatic N) is 2. The van der Waals surface area contributed by atoms with Crippen LogP contribution in [0.4, 0.5) is 18.9 Å². The van der Waals surface area contributed by atoms with Gasteiger partial charge in [0, 0.05) is 25.2 Å². The minimum Gasteiger partial charge on any atom is -0.496 e. The fraction of sp³-hybridized carbons (Fsp3) is 0.346. The van der Waals surface area contributed by atoms with Crippen molar-refractivity contribution in [3.8, 4) is 5.75 Å². The van der Waals surface area contributed by atoms with E-state index in [1.54, 1.807) is 19.3 Å². The number of rotatable bonds is 9. The van der Waals surface area contributed by atoms with Crippen molar-refractivity contribution in [3.05, 3.63) is 71.3 Å². The molecule has 0 bridgehead atoms. The molecule has 1 unspecified atom stereocenters. The molecule has 8 heteroatoms. The van der Waals surface area contributed by atoms with Crippen LogP contribution in [-0.2, 0) is 16.9 Å². The Kier molecular flexibility index (Phi) is 7.84. The lowest BCUT2D eigenvalue weighted by Gasteiger charge is -2.32. The van der Waals surface area contributed by atoms with Gasteiger partial charge in [0.25, 0.3) is 0 Å². The predicted molar refractivity (Wildman–Crippen MR) is 128 cm³/mol. The lowest BCUT2D eigenvalue weighted by molar-refractivity contribution is -0.283. The lowest BCUT2D eigenvalue weighted by Crippen LogP contribution is -2.46. The number of hydrogen-bond acceptors (Lipinski definition) is 4. The molecule has 0 saturated carbocycles. The third-order valence-electron chi connectivity index (χ3n) is 5.72.